The predicted molar refractivity (Wildman–Crippen MR) is 91.6 cm³/mol. The van der Waals surface area contributed by atoms with Crippen LogP contribution in [0.4, 0.5) is 0 Å². The third-order valence-corrected chi connectivity index (χ3v) is 5.99. The molecular weight excluding hydrogens is 330 g/mol. The third-order valence-electron chi connectivity index (χ3n) is 4.26. The summed E-state index contributed by atoms with van der Waals surface area (Å²) < 4.78 is 32.4. The van der Waals surface area contributed by atoms with E-state index < -0.39 is 16.0 Å². The number of benzene rings is 1. The van der Waals surface area contributed by atoms with Gasteiger partial charge in [0.05, 0.1) is 11.3 Å². The second kappa shape index (κ2) is 7.90. The van der Waals surface area contributed by atoms with E-state index in [0.717, 1.165) is 16.7 Å². The molecule has 0 aliphatic carbocycles. The maximum Gasteiger partial charge on any atom is 0.307 e. The fourth-order valence-electron chi connectivity index (χ4n) is 2.48. The van der Waals surface area contributed by atoms with Gasteiger partial charge in [0.2, 0.25) is 10.0 Å². The minimum absolute atomic E-state index is 0.0794. The van der Waals surface area contributed by atoms with Crippen LogP contribution in [0.1, 0.15) is 41.2 Å². The van der Waals surface area contributed by atoms with E-state index >= 15 is 0 Å². The number of Topliss-reactive ketones (excluding diaryl/α,β-unsaturated/α-hetero) is 1. The smallest absolute Gasteiger partial charge is 0.307 e. The van der Waals surface area contributed by atoms with Gasteiger partial charge in [-0.2, -0.15) is 0 Å². The SMILES string of the molecule is CC(=O)COC(=O)CCNS(=O)(=O)c1c(C)c(C)c(C)c(C)c1C. The van der Waals surface area contributed by atoms with Gasteiger partial charge >= 0.3 is 5.97 Å². The van der Waals surface area contributed by atoms with Crippen molar-refractivity contribution in [2.75, 3.05) is 13.2 Å². The van der Waals surface area contributed by atoms with Crippen molar-refractivity contribution in [3.63, 3.8) is 0 Å². The minimum atomic E-state index is -3.74. The lowest BCUT2D eigenvalue weighted by Gasteiger charge is -2.19. The standard InChI is InChI=1S/C17H25NO5S/c1-10(19)9-23-16(20)7-8-18-24(21,22)17-14(5)12(3)11(2)13(4)15(17)6/h18H,7-9H2,1-6H3. The highest BCUT2D eigenvalue weighted by Crippen LogP contribution is 2.29. The average Bonchev–Trinajstić information content (AvgIpc) is 2.48. The van der Waals surface area contributed by atoms with Crippen molar-refractivity contribution in [1.29, 1.82) is 0 Å². The van der Waals surface area contributed by atoms with Crippen LogP contribution >= 0.6 is 0 Å². The van der Waals surface area contributed by atoms with Crippen LogP contribution in [-0.4, -0.2) is 33.3 Å². The number of sulfonamides is 1. The van der Waals surface area contributed by atoms with Gasteiger partial charge in [-0.15, -0.1) is 0 Å². The fourth-order valence-corrected chi connectivity index (χ4v) is 4.11. The first-order valence-corrected chi connectivity index (χ1v) is 9.19. The molecule has 0 aliphatic heterocycles. The summed E-state index contributed by atoms with van der Waals surface area (Å²) in [4.78, 5) is 22.5. The first kappa shape index (κ1) is 20.3. The molecule has 0 saturated carbocycles. The molecule has 0 aromatic heterocycles. The van der Waals surface area contributed by atoms with Crippen LogP contribution in [0.5, 0.6) is 0 Å². The predicted octanol–water partition coefficient (Wildman–Crippen LogP) is 2.03. The van der Waals surface area contributed by atoms with E-state index in [1.165, 1.54) is 6.92 Å². The Labute approximate surface area is 143 Å². The number of carbonyl (C=O) groups is 2. The van der Waals surface area contributed by atoms with Crippen LogP contribution in [0.3, 0.4) is 0 Å². The number of hydrogen-bond acceptors (Lipinski definition) is 5. The van der Waals surface area contributed by atoms with E-state index in [-0.39, 0.29) is 30.3 Å². The molecule has 24 heavy (non-hydrogen) atoms. The Balaban J connectivity index is 2.91. The van der Waals surface area contributed by atoms with E-state index in [1.807, 2.05) is 20.8 Å². The number of carbonyl (C=O) groups excluding carboxylic acids is 2. The third kappa shape index (κ3) is 4.64. The Kier molecular flexibility index (Phi) is 6.68. The molecule has 1 aromatic rings. The zero-order chi connectivity index (χ0) is 18.7. The van der Waals surface area contributed by atoms with Crippen LogP contribution in [0.25, 0.3) is 0 Å². The maximum absolute atomic E-state index is 12.6. The Morgan fingerprint density at radius 3 is 1.83 bits per heavy atom. The summed E-state index contributed by atoms with van der Waals surface area (Å²) in [6.07, 6.45) is -0.131. The van der Waals surface area contributed by atoms with Crippen molar-refractivity contribution in [1.82, 2.24) is 4.72 Å². The normalized spacial score (nSPS) is 11.4. The second-order valence-electron chi connectivity index (χ2n) is 5.96. The number of rotatable bonds is 7. The van der Waals surface area contributed by atoms with Gasteiger partial charge in [-0.05, 0) is 69.4 Å². The lowest BCUT2D eigenvalue weighted by molar-refractivity contribution is -0.147. The largest absolute Gasteiger partial charge is 0.458 e. The summed E-state index contributed by atoms with van der Waals surface area (Å²) in [5, 5.41) is 0. The number of ether oxygens (including phenoxy) is 1. The molecule has 0 heterocycles. The molecule has 0 amide bonds. The van der Waals surface area contributed by atoms with Gasteiger partial charge in [-0.3, -0.25) is 9.59 Å². The summed E-state index contributed by atoms with van der Waals surface area (Å²) in [6, 6.07) is 0. The zero-order valence-electron chi connectivity index (χ0n) is 15.1. The number of ketones is 1. The summed E-state index contributed by atoms with van der Waals surface area (Å²) in [5.41, 5.74) is 4.39. The first-order valence-electron chi connectivity index (χ1n) is 7.70. The maximum atomic E-state index is 12.6. The van der Waals surface area contributed by atoms with E-state index in [0.29, 0.717) is 11.1 Å². The highest BCUT2D eigenvalue weighted by molar-refractivity contribution is 7.89. The van der Waals surface area contributed by atoms with Crippen molar-refractivity contribution in [3.8, 4) is 0 Å². The Hall–Kier alpha value is -1.73. The van der Waals surface area contributed by atoms with Crippen LogP contribution in [0, 0.1) is 34.6 Å². The molecule has 6 nitrogen and oxygen atoms in total. The Bertz CT molecular complexity index is 737. The molecule has 1 N–H and O–H groups in total. The fraction of sp³-hybridized carbons (Fsp3) is 0.529. The highest BCUT2D eigenvalue weighted by Gasteiger charge is 2.23. The quantitative estimate of drug-likeness (QED) is 0.756. The van der Waals surface area contributed by atoms with E-state index in [9.17, 15) is 18.0 Å². The molecule has 0 unspecified atom stereocenters. The summed E-state index contributed by atoms with van der Waals surface area (Å²) in [5.74, 6) is -0.876. The summed E-state index contributed by atoms with van der Waals surface area (Å²) >= 11 is 0. The molecule has 0 radical (unpaired) electrons. The van der Waals surface area contributed by atoms with Crippen molar-refractivity contribution in [2.24, 2.45) is 0 Å². The molecule has 1 rings (SSSR count). The van der Waals surface area contributed by atoms with E-state index in [4.69, 9.17) is 4.74 Å². The minimum Gasteiger partial charge on any atom is -0.458 e. The molecule has 0 fully saturated rings. The van der Waals surface area contributed by atoms with Gasteiger partial charge in [0.1, 0.15) is 6.61 Å². The van der Waals surface area contributed by atoms with Gasteiger partial charge in [0.15, 0.2) is 5.78 Å². The second-order valence-corrected chi connectivity index (χ2v) is 7.67. The summed E-state index contributed by atoms with van der Waals surface area (Å²) in [7, 11) is -3.74. The molecule has 0 saturated heterocycles. The van der Waals surface area contributed by atoms with Gasteiger partial charge < -0.3 is 4.74 Å². The van der Waals surface area contributed by atoms with Gasteiger partial charge in [0, 0.05) is 6.54 Å². The molecule has 0 bridgehead atoms. The van der Waals surface area contributed by atoms with Crippen molar-refractivity contribution >= 4 is 21.8 Å². The van der Waals surface area contributed by atoms with Crippen molar-refractivity contribution < 1.29 is 22.7 Å². The number of hydrogen-bond donors (Lipinski definition) is 1. The van der Waals surface area contributed by atoms with Crippen LogP contribution in [-0.2, 0) is 24.3 Å². The van der Waals surface area contributed by atoms with Crippen molar-refractivity contribution in [3.05, 3.63) is 27.8 Å². The lowest BCUT2D eigenvalue weighted by atomic mass is 9.95. The average molecular weight is 355 g/mol. The Morgan fingerprint density at radius 1 is 0.917 bits per heavy atom. The highest BCUT2D eigenvalue weighted by atomic mass is 32.2. The molecule has 0 spiro atoms. The van der Waals surface area contributed by atoms with E-state index in [1.54, 1.807) is 13.8 Å². The molecule has 0 aliphatic rings. The number of nitrogens with one attached hydrogen (secondary N) is 1. The van der Waals surface area contributed by atoms with Crippen molar-refractivity contribution in [2.45, 2.75) is 52.9 Å². The monoisotopic (exact) mass is 355 g/mol. The van der Waals surface area contributed by atoms with Gasteiger partial charge in [-0.25, -0.2) is 13.1 Å². The number of esters is 1. The molecule has 7 heteroatoms. The van der Waals surface area contributed by atoms with Gasteiger partial charge in [-0.1, -0.05) is 0 Å². The topological polar surface area (TPSA) is 89.5 Å². The molecule has 0 atom stereocenters. The van der Waals surface area contributed by atoms with Gasteiger partial charge in [0.25, 0.3) is 0 Å². The van der Waals surface area contributed by atoms with Crippen LogP contribution in [0.15, 0.2) is 4.90 Å². The zero-order valence-corrected chi connectivity index (χ0v) is 15.9. The van der Waals surface area contributed by atoms with E-state index in [2.05, 4.69) is 4.72 Å². The van der Waals surface area contributed by atoms with Crippen LogP contribution < -0.4 is 4.72 Å². The molecule has 1 aromatic carbocycles. The molecular formula is C17H25NO5S. The van der Waals surface area contributed by atoms with Crippen LogP contribution in [0.2, 0.25) is 0 Å². The Morgan fingerprint density at radius 2 is 1.38 bits per heavy atom. The lowest BCUT2D eigenvalue weighted by Crippen LogP contribution is -2.29. The summed E-state index contributed by atoms with van der Waals surface area (Å²) in [6.45, 7) is 10.3. The first-order chi connectivity index (χ1) is 11.0. The molecule has 134 valence electrons.